The predicted octanol–water partition coefficient (Wildman–Crippen LogP) is 3.37. The molecule has 3 nitrogen and oxygen atoms in total. The second-order valence-corrected chi connectivity index (χ2v) is 6.09. The molecule has 3 rings (SSSR count). The van der Waals surface area contributed by atoms with Gasteiger partial charge in [-0.05, 0) is 47.9 Å². The fourth-order valence-electron chi connectivity index (χ4n) is 2.61. The SMILES string of the molecule is Nc1ccc2c(c1)C(=O)N(Cc1cc(F)cc(Br)c1)CC2. The summed E-state index contributed by atoms with van der Waals surface area (Å²) in [7, 11) is 0. The molecule has 0 saturated carbocycles. The van der Waals surface area contributed by atoms with Crippen LogP contribution in [0.25, 0.3) is 0 Å². The Labute approximate surface area is 130 Å². The minimum Gasteiger partial charge on any atom is -0.399 e. The van der Waals surface area contributed by atoms with E-state index in [9.17, 15) is 9.18 Å². The summed E-state index contributed by atoms with van der Waals surface area (Å²) in [6.07, 6.45) is 0.790. The van der Waals surface area contributed by atoms with Gasteiger partial charge >= 0.3 is 0 Å². The minimum absolute atomic E-state index is 0.0519. The second-order valence-electron chi connectivity index (χ2n) is 5.17. The van der Waals surface area contributed by atoms with Gasteiger partial charge in [-0.25, -0.2) is 4.39 Å². The van der Waals surface area contributed by atoms with Crippen molar-refractivity contribution < 1.29 is 9.18 Å². The summed E-state index contributed by atoms with van der Waals surface area (Å²) in [5.74, 6) is -0.364. The van der Waals surface area contributed by atoms with E-state index in [1.54, 1.807) is 11.0 Å². The molecular weight excluding hydrogens is 335 g/mol. The zero-order chi connectivity index (χ0) is 15.0. The summed E-state index contributed by atoms with van der Waals surface area (Å²) in [6.45, 7) is 1.02. The lowest BCUT2D eigenvalue weighted by Gasteiger charge is -2.29. The molecule has 2 aromatic carbocycles. The van der Waals surface area contributed by atoms with Gasteiger partial charge < -0.3 is 10.6 Å². The number of amides is 1. The van der Waals surface area contributed by atoms with Crippen molar-refractivity contribution in [1.82, 2.24) is 4.90 Å². The molecule has 0 radical (unpaired) electrons. The molecule has 1 heterocycles. The molecule has 0 saturated heterocycles. The first-order chi connectivity index (χ1) is 10.0. The highest BCUT2D eigenvalue weighted by Gasteiger charge is 2.24. The Bertz CT molecular complexity index is 697. The maximum Gasteiger partial charge on any atom is 0.254 e. The highest BCUT2D eigenvalue weighted by Crippen LogP contribution is 2.24. The van der Waals surface area contributed by atoms with Gasteiger partial charge in [-0.3, -0.25) is 4.79 Å². The van der Waals surface area contributed by atoms with Gasteiger partial charge in [0, 0.05) is 28.8 Å². The van der Waals surface area contributed by atoms with Gasteiger partial charge in [0.25, 0.3) is 5.91 Å². The molecule has 1 amide bonds. The molecule has 0 bridgehead atoms. The summed E-state index contributed by atoms with van der Waals surface area (Å²) in [6, 6.07) is 10.1. The van der Waals surface area contributed by atoms with Gasteiger partial charge in [0.05, 0.1) is 0 Å². The number of fused-ring (bicyclic) bond motifs is 1. The Balaban J connectivity index is 1.86. The molecule has 0 fully saturated rings. The van der Waals surface area contributed by atoms with Crippen LogP contribution in [-0.4, -0.2) is 17.4 Å². The van der Waals surface area contributed by atoms with Crippen LogP contribution in [-0.2, 0) is 13.0 Å². The molecule has 0 atom stereocenters. The van der Waals surface area contributed by atoms with Gasteiger partial charge in [-0.2, -0.15) is 0 Å². The smallest absolute Gasteiger partial charge is 0.254 e. The molecule has 0 aromatic heterocycles. The number of carbonyl (C=O) groups excluding carboxylic acids is 1. The van der Waals surface area contributed by atoms with E-state index >= 15 is 0 Å². The largest absolute Gasteiger partial charge is 0.399 e. The molecule has 108 valence electrons. The minimum atomic E-state index is -0.312. The lowest BCUT2D eigenvalue weighted by Crippen LogP contribution is -2.37. The van der Waals surface area contributed by atoms with Crippen molar-refractivity contribution in [3.8, 4) is 0 Å². The van der Waals surface area contributed by atoms with E-state index in [4.69, 9.17) is 5.73 Å². The van der Waals surface area contributed by atoms with E-state index < -0.39 is 0 Å². The first kappa shape index (κ1) is 14.1. The van der Waals surface area contributed by atoms with Crippen LogP contribution in [0.1, 0.15) is 21.5 Å². The number of anilines is 1. The molecule has 0 aliphatic carbocycles. The third-order valence-electron chi connectivity index (χ3n) is 3.60. The van der Waals surface area contributed by atoms with Crippen LogP contribution in [0.2, 0.25) is 0 Å². The zero-order valence-electron chi connectivity index (χ0n) is 11.3. The number of hydrogen-bond donors (Lipinski definition) is 1. The number of hydrogen-bond acceptors (Lipinski definition) is 2. The third kappa shape index (κ3) is 2.93. The Hall–Kier alpha value is -1.88. The summed E-state index contributed by atoms with van der Waals surface area (Å²) < 4.78 is 14.1. The van der Waals surface area contributed by atoms with Crippen LogP contribution in [0.5, 0.6) is 0 Å². The van der Waals surface area contributed by atoms with E-state index in [0.29, 0.717) is 28.8 Å². The molecule has 21 heavy (non-hydrogen) atoms. The highest BCUT2D eigenvalue weighted by molar-refractivity contribution is 9.10. The monoisotopic (exact) mass is 348 g/mol. The predicted molar refractivity (Wildman–Crippen MR) is 83.4 cm³/mol. The Morgan fingerprint density at radius 3 is 2.81 bits per heavy atom. The molecule has 0 unspecified atom stereocenters. The Morgan fingerprint density at radius 2 is 2.05 bits per heavy atom. The van der Waals surface area contributed by atoms with Crippen molar-refractivity contribution in [3.63, 3.8) is 0 Å². The van der Waals surface area contributed by atoms with Crippen LogP contribution in [0, 0.1) is 5.82 Å². The lowest BCUT2D eigenvalue weighted by atomic mass is 9.98. The lowest BCUT2D eigenvalue weighted by molar-refractivity contribution is 0.0727. The van der Waals surface area contributed by atoms with E-state index in [0.717, 1.165) is 17.5 Å². The summed E-state index contributed by atoms with van der Waals surface area (Å²) in [5.41, 5.74) is 8.77. The van der Waals surface area contributed by atoms with Crippen LogP contribution in [0.4, 0.5) is 10.1 Å². The molecule has 2 aromatic rings. The van der Waals surface area contributed by atoms with Crippen molar-refractivity contribution in [1.29, 1.82) is 0 Å². The number of nitrogens with zero attached hydrogens (tertiary/aromatic N) is 1. The molecule has 0 spiro atoms. The van der Waals surface area contributed by atoms with E-state index in [1.165, 1.54) is 12.1 Å². The van der Waals surface area contributed by atoms with Crippen molar-refractivity contribution in [2.24, 2.45) is 0 Å². The number of carbonyl (C=O) groups is 1. The molecule has 1 aliphatic heterocycles. The number of benzene rings is 2. The number of nitrogens with two attached hydrogens (primary N) is 1. The average molecular weight is 349 g/mol. The highest BCUT2D eigenvalue weighted by atomic mass is 79.9. The second kappa shape index (κ2) is 5.48. The van der Waals surface area contributed by atoms with Gasteiger partial charge in [0.1, 0.15) is 5.82 Å². The summed E-state index contributed by atoms with van der Waals surface area (Å²) in [5, 5.41) is 0. The van der Waals surface area contributed by atoms with Gasteiger partial charge in [-0.15, -0.1) is 0 Å². The van der Waals surface area contributed by atoms with Gasteiger partial charge in [0.15, 0.2) is 0 Å². The quantitative estimate of drug-likeness (QED) is 0.845. The maximum absolute atomic E-state index is 13.4. The van der Waals surface area contributed by atoms with Crippen molar-refractivity contribution in [3.05, 3.63) is 63.4 Å². The third-order valence-corrected chi connectivity index (χ3v) is 4.06. The zero-order valence-corrected chi connectivity index (χ0v) is 12.9. The topological polar surface area (TPSA) is 46.3 Å². The van der Waals surface area contributed by atoms with Crippen molar-refractivity contribution >= 4 is 27.5 Å². The van der Waals surface area contributed by atoms with Crippen LogP contribution in [0.3, 0.4) is 0 Å². The average Bonchev–Trinajstić information content (AvgIpc) is 2.41. The summed E-state index contributed by atoms with van der Waals surface area (Å²) in [4.78, 5) is 14.2. The molecular formula is C16H14BrFN2O. The van der Waals surface area contributed by atoms with Gasteiger partial charge in [0.2, 0.25) is 0 Å². The maximum atomic E-state index is 13.4. The Kier molecular flexibility index (Phi) is 3.68. The number of nitrogen functional groups attached to an aromatic ring is 1. The van der Waals surface area contributed by atoms with Crippen molar-refractivity contribution in [2.45, 2.75) is 13.0 Å². The van der Waals surface area contributed by atoms with Crippen LogP contribution in [0.15, 0.2) is 40.9 Å². The molecule has 1 aliphatic rings. The summed E-state index contributed by atoms with van der Waals surface area (Å²) >= 11 is 3.27. The Morgan fingerprint density at radius 1 is 1.24 bits per heavy atom. The van der Waals surface area contributed by atoms with Crippen LogP contribution >= 0.6 is 15.9 Å². The van der Waals surface area contributed by atoms with E-state index in [2.05, 4.69) is 15.9 Å². The molecule has 2 N–H and O–H groups in total. The van der Waals surface area contributed by atoms with Crippen LogP contribution < -0.4 is 5.73 Å². The first-order valence-electron chi connectivity index (χ1n) is 6.65. The fraction of sp³-hybridized carbons (Fsp3) is 0.188. The molecule has 5 heteroatoms. The number of halogens is 2. The normalized spacial score (nSPS) is 14.2. The van der Waals surface area contributed by atoms with E-state index in [1.807, 2.05) is 18.2 Å². The van der Waals surface area contributed by atoms with E-state index in [-0.39, 0.29) is 11.7 Å². The van der Waals surface area contributed by atoms with Gasteiger partial charge in [-0.1, -0.05) is 22.0 Å². The fourth-order valence-corrected chi connectivity index (χ4v) is 3.12. The number of rotatable bonds is 2. The first-order valence-corrected chi connectivity index (χ1v) is 7.45. The van der Waals surface area contributed by atoms with Crippen molar-refractivity contribution in [2.75, 3.05) is 12.3 Å². The standard InChI is InChI=1S/C16H14BrFN2O/c17-12-5-10(6-13(18)7-12)9-20-4-3-11-1-2-14(19)8-15(11)16(20)21/h1-2,5-8H,3-4,9,19H2.